The van der Waals surface area contributed by atoms with Gasteiger partial charge in [0.25, 0.3) is 0 Å². The highest BCUT2D eigenvalue weighted by atomic mass is 16.5. The topological polar surface area (TPSA) is 110 Å². The van der Waals surface area contributed by atoms with Gasteiger partial charge in [0.15, 0.2) is 0 Å². The molecule has 6 nitrogen and oxygen atoms in total. The van der Waals surface area contributed by atoms with Crippen molar-refractivity contribution in [2.24, 2.45) is 5.73 Å². The van der Waals surface area contributed by atoms with E-state index in [1.807, 2.05) is 0 Å². The van der Waals surface area contributed by atoms with E-state index in [0.29, 0.717) is 5.75 Å². The van der Waals surface area contributed by atoms with E-state index in [1.54, 1.807) is 30.3 Å². The Balaban J connectivity index is 2.77. The van der Waals surface area contributed by atoms with Crippen molar-refractivity contribution >= 4 is 11.9 Å². The van der Waals surface area contributed by atoms with Gasteiger partial charge in [0, 0.05) is 0 Å². The van der Waals surface area contributed by atoms with E-state index < -0.39 is 30.5 Å². The lowest BCUT2D eigenvalue weighted by Crippen LogP contribution is -2.46. The van der Waals surface area contributed by atoms with Crippen molar-refractivity contribution in [3.8, 4) is 5.75 Å². The predicted molar refractivity (Wildman–Crippen MR) is 58.7 cm³/mol. The molecule has 1 aromatic carbocycles. The third-order valence-electron chi connectivity index (χ3n) is 2.09. The maximum Gasteiger partial charge on any atom is 0.324 e. The number of carboxylic acid groups (broad SMARTS) is 2. The van der Waals surface area contributed by atoms with Gasteiger partial charge in [-0.25, -0.2) is 0 Å². The van der Waals surface area contributed by atoms with Crippen LogP contribution in [0.3, 0.4) is 0 Å². The first-order valence-electron chi connectivity index (χ1n) is 4.92. The summed E-state index contributed by atoms with van der Waals surface area (Å²) in [7, 11) is 0. The Morgan fingerprint density at radius 3 is 2.29 bits per heavy atom. The minimum Gasteiger partial charge on any atom is -0.488 e. The lowest BCUT2D eigenvalue weighted by molar-refractivity contribution is -0.143. The summed E-state index contributed by atoms with van der Waals surface area (Å²) in [5.74, 6) is -2.08. The van der Waals surface area contributed by atoms with Crippen molar-refractivity contribution in [3.63, 3.8) is 0 Å². The number of hydrogen-bond acceptors (Lipinski definition) is 4. The van der Waals surface area contributed by atoms with Gasteiger partial charge in [-0.05, 0) is 12.1 Å². The average Bonchev–Trinajstić information content (AvgIpc) is 2.28. The smallest absolute Gasteiger partial charge is 0.324 e. The number of nitrogens with two attached hydrogens (primary N) is 1. The van der Waals surface area contributed by atoms with Crippen molar-refractivity contribution in [2.45, 2.75) is 18.6 Å². The van der Waals surface area contributed by atoms with Gasteiger partial charge in [0.1, 0.15) is 17.9 Å². The van der Waals surface area contributed by atoms with Crippen LogP contribution in [0.5, 0.6) is 5.75 Å². The molecule has 0 radical (unpaired) electrons. The molecule has 0 aliphatic carbocycles. The molecule has 0 spiro atoms. The quantitative estimate of drug-likeness (QED) is 0.659. The van der Waals surface area contributed by atoms with E-state index >= 15 is 0 Å². The summed E-state index contributed by atoms with van der Waals surface area (Å²) in [6.45, 7) is 0. The summed E-state index contributed by atoms with van der Waals surface area (Å²) >= 11 is 0. The van der Waals surface area contributed by atoms with Gasteiger partial charge >= 0.3 is 11.9 Å². The molecule has 0 heterocycles. The van der Waals surface area contributed by atoms with Gasteiger partial charge in [-0.15, -0.1) is 0 Å². The van der Waals surface area contributed by atoms with E-state index in [2.05, 4.69) is 0 Å². The van der Waals surface area contributed by atoms with Crippen LogP contribution >= 0.6 is 0 Å². The summed E-state index contributed by atoms with van der Waals surface area (Å²) in [5, 5.41) is 17.4. The molecule has 92 valence electrons. The zero-order valence-electron chi connectivity index (χ0n) is 8.95. The largest absolute Gasteiger partial charge is 0.488 e. The monoisotopic (exact) mass is 239 g/mol. The highest BCUT2D eigenvalue weighted by Gasteiger charge is 2.28. The fourth-order valence-corrected chi connectivity index (χ4v) is 1.25. The first kappa shape index (κ1) is 13.0. The number of hydrogen-bond donors (Lipinski definition) is 3. The number of ether oxygens (including phenoxy) is 1. The highest BCUT2D eigenvalue weighted by molar-refractivity contribution is 5.76. The summed E-state index contributed by atoms with van der Waals surface area (Å²) in [6, 6.07) is 6.97. The van der Waals surface area contributed by atoms with Crippen LogP contribution in [-0.2, 0) is 9.59 Å². The van der Waals surface area contributed by atoms with Crippen LogP contribution in [0.25, 0.3) is 0 Å². The molecule has 0 fully saturated rings. The van der Waals surface area contributed by atoms with E-state index in [0.717, 1.165) is 0 Å². The van der Waals surface area contributed by atoms with E-state index in [9.17, 15) is 9.59 Å². The minimum absolute atomic E-state index is 0.385. The molecule has 6 heteroatoms. The zero-order chi connectivity index (χ0) is 12.8. The molecule has 1 unspecified atom stereocenters. The van der Waals surface area contributed by atoms with Crippen molar-refractivity contribution in [3.05, 3.63) is 30.3 Å². The summed E-state index contributed by atoms with van der Waals surface area (Å²) in [6.07, 6.45) is -1.57. The molecule has 1 rings (SSSR count). The third-order valence-corrected chi connectivity index (χ3v) is 2.09. The van der Waals surface area contributed by atoms with Crippen LogP contribution in [0.15, 0.2) is 30.3 Å². The SMILES string of the molecule is N[C@H](C(=O)O)C(CC(=O)O)Oc1ccccc1. The second kappa shape index (κ2) is 5.86. The van der Waals surface area contributed by atoms with E-state index in [1.165, 1.54) is 0 Å². The van der Waals surface area contributed by atoms with Gasteiger partial charge in [-0.2, -0.15) is 0 Å². The molecule has 0 saturated carbocycles. The molecular formula is C11H13NO5. The highest BCUT2D eigenvalue weighted by Crippen LogP contribution is 2.14. The molecule has 0 amide bonds. The number of aliphatic carboxylic acids is 2. The number of para-hydroxylation sites is 1. The predicted octanol–water partition coefficient (Wildman–Crippen LogP) is 0.321. The van der Waals surface area contributed by atoms with Crippen LogP contribution in [-0.4, -0.2) is 34.3 Å². The van der Waals surface area contributed by atoms with Gasteiger partial charge in [0.2, 0.25) is 0 Å². The van der Waals surface area contributed by atoms with Crippen molar-refractivity contribution < 1.29 is 24.5 Å². The number of carboxylic acids is 2. The molecule has 0 aromatic heterocycles. The maximum atomic E-state index is 10.7. The number of benzene rings is 1. The molecule has 17 heavy (non-hydrogen) atoms. The molecule has 0 bridgehead atoms. The Morgan fingerprint density at radius 1 is 1.24 bits per heavy atom. The van der Waals surface area contributed by atoms with E-state index in [4.69, 9.17) is 20.7 Å². The molecule has 4 N–H and O–H groups in total. The Morgan fingerprint density at radius 2 is 1.82 bits per heavy atom. The average molecular weight is 239 g/mol. The van der Waals surface area contributed by atoms with Crippen LogP contribution < -0.4 is 10.5 Å². The first-order chi connectivity index (χ1) is 8.00. The molecule has 2 atom stereocenters. The third kappa shape index (κ3) is 4.12. The molecule has 0 aliphatic heterocycles. The van der Waals surface area contributed by atoms with Crippen molar-refractivity contribution in [2.75, 3.05) is 0 Å². The molecule has 1 aromatic rings. The fourth-order valence-electron chi connectivity index (χ4n) is 1.25. The van der Waals surface area contributed by atoms with Crippen LogP contribution in [0.4, 0.5) is 0 Å². The molecule has 0 saturated heterocycles. The van der Waals surface area contributed by atoms with Gasteiger partial charge < -0.3 is 20.7 Å². The first-order valence-corrected chi connectivity index (χ1v) is 4.92. The van der Waals surface area contributed by atoms with Crippen LogP contribution in [0, 0.1) is 0 Å². The van der Waals surface area contributed by atoms with Gasteiger partial charge in [-0.1, -0.05) is 18.2 Å². The van der Waals surface area contributed by atoms with Crippen LogP contribution in [0.1, 0.15) is 6.42 Å². The maximum absolute atomic E-state index is 10.7. The minimum atomic E-state index is -1.38. The summed E-state index contributed by atoms with van der Waals surface area (Å²) in [4.78, 5) is 21.3. The Hall–Kier alpha value is -2.08. The lowest BCUT2D eigenvalue weighted by atomic mass is 10.1. The van der Waals surface area contributed by atoms with Crippen LogP contribution in [0.2, 0.25) is 0 Å². The van der Waals surface area contributed by atoms with Gasteiger partial charge in [0.05, 0.1) is 6.42 Å². The van der Waals surface area contributed by atoms with Crippen molar-refractivity contribution in [1.82, 2.24) is 0 Å². The molecule has 0 aliphatic rings. The normalized spacial score (nSPS) is 13.7. The number of rotatable bonds is 6. The Kier molecular flexibility index (Phi) is 4.47. The second-order valence-electron chi connectivity index (χ2n) is 3.43. The van der Waals surface area contributed by atoms with E-state index in [-0.39, 0.29) is 0 Å². The fraction of sp³-hybridized carbons (Fsp3) is 0.273. The summed E-state index contributed by atoms with van der Waals surface area (Å²) < 4.78 is 5.26. The second-order valence-corrected chi connectivity index (χ2v) is 3.43. The van der Waals surface area contributed by atoms with Gasteiger partial charge in [-0.3, -0.25) is 9.59 Å². The Bertz CT molecular complexity index is 392. The van der Waals surface area contributed by atoms with Crippen molar-refractivity contribution in [1.29, 1.82) is 0 Å². The lowest BCUT2D eigenvalue weighted by Gasteiger charge is -2.20. The number of carbonyl (C=O) groups is 2. The molecular weight excluding hydrogens is 226 g/mol. The summed E-state index contributed by atoms with van der Waals surface area (Å²) in [5.41, 5.74) is 5.37. The standard InChI is InChI=1S/C11H13NO5/c12-10(11(15)16)8(6-9(13)14)17-7-4-2-1-3-5-7/h1-5,8,10H,6,12H2,(H,13,14)(H,15,16)/t8?,10-/m0/s1. The Labute approximate surface area is 97.6 Å². The zero-order valence-corrected chi connectivity index (χ0v) is 8.95.